The summed E-state index contributed by atoms with van der Waals surface area (Å²) in [5, 5.41) is 3.40. The fourth-order valence-electron chi connectivity index (χ4n) is 4.82. The van der Waals surface area contributed by atoms with Crippen molar-refractivity contribution in [2.24, 2.45) is 0 Å². The van der Waals surface area contributed by atoms with Gasteiger partial charge < -0.3 is 10.2 Å². The summed E-state index contributed by atoms with van der Waals surface area (Å²) < 4.78 is 43.2. The minimum absolute atomic E-state index is 0.0141. The molecule has 4 rings (SSSR count). The fraction of sp³-hybridized carbons (Fsp3) is 0.333. The quantitative estimate of drug-likeness (QED) is 0.338. The van der Waals surface area contributed by atoms with Crippen molar-refractivity contribution >= 4 is 39.1 Å². The van der Waals surface area contributed by atoms with Crippen LogP contribution in [0.5, 0.6) is 0 Å². The molecule has 2 amide bonds. The molecule has 0 radical (unpaired) electrons. The lowest BCUT2D eigenvalue weighted by Crippen LogP contribution is -2.53. The molecule has 40 heavy (non-hydrogen) atoms. The molecular formula is C30H33ClFN3O4S. The number of anilines is 1. The minimum Gasteiger partial charge on any atom is -0.352 e. The number of hydrogen-bond donors (Lipinski definition) is 1. The summed E-state index contributed by atoms with van der Waals surface area (Å²) in [7, 11) is -4.20. The van der Waals surface area contributed by atoms with E-state index in [1.54, 1.807) is 55.5 Å². The number of benzene rings is 3. The van der Waals surface area contributed by atoms with Gasteiger partial charge in [0.25, 0.3) is 10.0 Å². The van der Waals surface area contributed by atoms with Crippen LogP contribution in [0, 0.1) is 5.82 Å². The van der Waals surface area contributed by atoms with Crippen LogP contribution in [0.25, 0.3) is 0 Å². The minimum atomic E-state index is -4.20. The van der Waals surface area contributed by atoms with E-state index in [1.165, 1.54) is 35.2 Å². The third kappa shape index (κ3) is 7.20. The molecule has 0 heterocycles. The highest BCUT2D eigenvalue weighted by atomic mass is 35.5. The van der Waals surface area contributed by atoms with Gasteiger partial charge in [-0.15, -0.1) is 0 Å². The van der Waals surface area contributed by atoms with Crippen LogP contribution in [0.4, 0.5) is 10.1 Å². The van der Waals surface area contributed by atoms with Gasteiger partial charge in [-0.2, -0.15) is 0 Å². The van der Waals surface area contributed by atoms with Crippen molar-refractivity contribution in [3.8, 4) is 0 Å². The maximum Gasteiger partial charge on any atom is 0.264 e. The Morgan fingerprint density at radius 1 is 0.950 bits per heavy atom. The van der Waals surface area contributed by atoms with Crippen molar-refractivity contribution in [1.82, 2.24) is 10.2 Å². The highest BCUT2D eigenvalue weighted by molar-refractivity contribution is 7.92. The number of nitrogens with one attached hydrogen (secondary N) is 1. The Labute approximate surface area is 240 Å². The molecule has 7 nitrogen and oxygen atoms in total. The second-order valence-electron chi connectivity index (χ2n) is 9.93. The number of para-hydroxylation sites is 1. The van der Waals surface area contributed by atoms with Crippen LogP contribution in [0.1, 0.15) is 44.6 Å². The molecule has 212 valence electrons. The molecule has 0 aromatic heterocycles. The molecule has 1 N–H and O–H groups in total. The third-order valence-electron chi connectivity index (χ3n) is 7.14. The monoisotopic (exact) mass is 585 g/mol. The molecule has 3 aromatic rings. The fourth-order valence-corrected chi connectivity index (χ4v) is 6.36. The first-order valence-electron chi connectivity index (χ1n) is 13.3. The average molecular weight is 586 g/mol. The van der Waals surface area contributed by atoms with Gasteiger partial charge in [-0.05, 0) is 62.2 Å². The van der Waals surface area contributed by atoms with Gasteiger partial charge in [0.05, 0.1) is 10.6 Å². The number of hydrogen-bond acceptors (Lipinski definition) is 4. The zero-order valence-corrected chi connectivity index (χ0v) is 23.9. The van der Waals surface area contributed by atoms with Gasteiger partial charge in [-0.1, -0.05) is 67.3 Å². The van der Waals surface area contributed by atoms with E-state index in [2.05, 4.69) is 5.32 Å². The molecule has 1 aliphatic rings. The second kappa shape index (κ2) is 13.3. The highest BCUT2D eigenvalue weighted by Gasteiger charge is 2.33. The van der Waals surface area contributed by atoms with Gasteiger partial charge >= 0.3 is 0 Å². The molecule has 10 heteroatoms. The lowest BCUT2D eigenvalue weighted by molar-refractivity contribution is -0.139. The first-order chi connectivity index (χ1) is 19.2. The van der Waals surface area contributed by atoms with E-state index < -0.39 is 34.3 Å². The van der Waals surface area contributed by atoms with Crippen molar-refractivity contribution in [3.05, 3.63) is 95.3 Å². The topological polar surface area (TPSA) is 86.8 Å². The van der Waals surface area contributed by atoms with E-state index in [0.29, 0.717) is 5.02 Å². The molecular weight excluding hydrogens is 553 g/mol. The molecule has 0 bridgehead atoms. The Kier molecular flexibility index (Phi) is 9.81. The van der Waals surface area contributed by atoms with Gasteiger partial charge in [0.15, 0.2) is 0 Å². The molecule has 0 spiro atoms. The summed E-state index contributed by atoms with van der Waals surface area (Å²) in [5.41, 5.74) is 0.496. The Morgan fingerprint density at radius 3 is 2.23 bits per heavy atom. The molecule has 1 fully saturated rings. The molecule has 0 aliphatic heterocycles. The summed E-state index contributed by atoms with van der Waals surface area (Å²) in [5.74, 6) is -1.52. The molecule has 1 saturated carbocycles. The van der Waals surface area contributed by atoms with Gasteiger partial charge in [0.2, 0.25) is 11.8 Å². The predicted octanol–water partition coefficient (Wildman–Crippen LogP) is 5.54. The standard InChI is InChI=1S/C30H33ClFN3O4S/c1-22(30(37)33-25-11-4-2-5-12-25)34(20-23-10-8-9-15-28(23)32)29(36)21-35(26-13-6-3-7-14-26)40(38,39)27-18-16-24(31)17-19-27/h3,6-10,13-19,22,25H,2,4-5,11-12,20-21H2,1H3,(H,33,37). The Balaban J connectivity index is 1.66. The highest BCUT2D eigenvalue weighted by Crippen LogP contribution is 2.26. The number of halogens is 2. The third-order valence-corrected chi connectivity index (χ3v) is 9.18. The zero-order chi connectivity index (χ0) is 28.7. The van der Waals surface area contributed by atoms with Gasteiger partial charge in [0.1, 0.15) is 18.4 Å². The summed E-state index contributed by atoms with van der Waals surface area (Å²) in [6, 6.07) is 19.0. The summed E-state index contributed by atoms with van der Waals surface area (Å²) >= 11 is 5.97. The number of nitrogens with zero attached hydrogens (tertiary/aromatic N) is 2. The van der Waals surface area contributed by atoms with Crippen LogP contribution in [0.15, 0.2) is 83.8 Å². The molecule has 0 saturated heterocycles. The Hall–Kier alpha value is -3.43. The van der Waals surface area contributed by atoms with Crippen LogP contribution in [0.3, 0.4) is 0 Å². The van der Waals surface area contributed by atoms with Gasteiger partial charge in [-0.25, -0.2) is 12.8 Å². The number of carbonyl (C=O) groups excluding carboxylic acids is 2. The van der Waals surface area contributed by atoms with Crippen molar-refractivity contribution in [3.63, 3.8) is 0 Å². The number of amides is 2. The van der Waals surface area contributed by atoms with E-state index in [-0.39, 0.29) is 34.6 Å². The number of sulfonamides is 1. The summed E-state index contributed by atoms with van der Waals surface area (Å²) in [6.07, 6.45) is 4.89. The van der Waals surface area contributed by atoms with E-state index in [9.17, 15) is 22.4 Å². The molecule has 1 unspecified atom stereocenters. The average Bonchev–Trinajstić information content (AvgIpc) is 2.96. The van der Waals surface area contributed by atoms with E-state index in [0.717, 1.165) is 36.4 Å². The summed E-state index contributed by atoms with van der Waals surface area (Å²) in [4.78, 5) is 28.4. The van der Waals surface area contributed by atoms with Crippen molar-refractivity contribution in [2.45, 2.75) is 62.6 Å². The van der Waals surface area contributed by atoms with Crippen LogP contribution in [-0.2, 0) is 26.2 Å². The maximum atomic E-state index is 14.7. The maximum absolute atomic E-state index is 14.7. The summed E-state index contributed by atoms with van der Waals surface area (Å²) in [6.45, 7) is 0.788. The molecule has 3 aromatic carbocycles. The second-order valence-corrected chi connectivity index (χ2v) is 12.2. The largest absolute Gasteiger partial charge is 0.352 e. The number of carbonyl (C=O) groups is 2. The van der Waals surface area contributed by atoms with E-state index in [4.69, 9.17) is 11.6 Å². The Morgan fingerprint density at radius 2 is 1.57 bits per heavy atom. The van der Waals surface area contributed by atoms with E-state index in [1.807, 2.05) is 0 Å². The van der Waals surface area contributed by atoms with Crippen molar-refractivity contribution in [1.29, 1.82) is 0 Å². The molecule has 1 aliphatic carbocycles. The van der Waals surface area contributed by atoms with Crippen LogP contribution >= 0.6 is 11.6 Å². The lowest BCUT2D eigenvalue weighted by Gasteiger charge is -2.33. The first kappa shape index (κ1) is 29.6. The van der Waals surface area contributed by atoms with Gasteiger partial charge in [0, 0.05) is 23.2 Å². The Bertz CT molecular complexity index is 1410. The van der Waals surface area contributed by atoms with E-state index >= 15 is 0 Å². The van der Waals surface area contributed by atoms with Crippen LogP contribution in [0.2, 0.25) is 5.02 Å². The lowest BCUT2D eigenvalue weighted by atomic mass is 9.95. The van der Waals surface area contributed by atoms with Crippen molar-refractivity contribution in [2.75, 3.05) is 10.8 Å². The smallest absolute Gasteiger partial charge is 0.264 e. The zero-order valence-electron chi connectivity index (χ0n) is 22.3. The molecule has 1 atom stereocenters. The van der Waals surface area contributed by atoms with Crippen LogP contribution in [-0.4, -0.2) is 43.8 Å². The van der Waals surface area contributed by atoms with Crippen LogP contribution < -0.4 is 9.62 Å². The van der Waals surface area contributed by atoms with Crippen molar-refractivity contribution < 1.29 is 22.4 Å². The number of rotatable bonds is 10. The first-order valence-corrected chi connectivity index (χ1v) is 15.1. The predicted molar refractivity (Wildman–Crippen MR) is 154 cm³/mol. The normalized spacial score (nSPS) is 14.8. The van der Waals surface area contributed by atoms with Gasteiger partial charge in [-0.3, -0.25) is 13.9 Å². The SMILES string of the molecule is CC(C(=O)NC1CCCCC1)N(Cc1ccccc1F)C(=O)CN(c1ccccc1)S(=O)(=O)c1ccc(Cl)cc1.